The van der Waals surface area contributed by atoms with Crippen LogP contribution in [-0.2, 0) is 19.5 Å². The predicted molar refractivity (Wildman–Crippen MR) is 88.4 cm³/mol. The van der Waals surface area contributed by atoms with Gasteiger partial charge in [0, 0.05) is 38.3 Å². The molecule has 1 aliphatic heterocycles. The van der Waals surface area contributed by atoms with Gasteiger partial charge in [0.2, 0.25) is 0 Å². The van der Waals surface area contributed by atoms with Gasteiger partial charge in [0.1, 0.15) is 0 Å². The Balaban J connectivity index is 2.15. The van der Waals surface area contributed by atoms with E-state index in [0.717, 1.165) is 32.6 Å². The third kappa shape index (κ3) is 3.86. The van der Waals surface area contributed by atoms with Crippen molar-refractivity contribution in [3.63, 3.8) is 0 Å². The van der Waals surface area contributed by atoms with Crippen LogP contribution in [-0.4, -0.2) is 39.9 Å². The summed E-state index contributed by atoms with van der Waals surface area (Å²) in [7, 11) is 0. The molecule has 0 aliphatic carbocycles. The van der Waals surface area contributed by atoms with Crippen molar-refractivity contribution in [1.29, 1.82) is 0 Å². The molecule has 2 heterocycles. The van der Waals surface area contributed by atoms with Gasteiger partial charge in [0.05, 0.1) is 11.4 Å². The second-order valence-corrected chi connectivity index (χ2v) is 6.55. The Morgan fingerprint density at radius 3 is 2.67 bits per heavy atom. The van der Waals surface area contributed by atoms with Crippen molar-refractivity contribution in [2.75, 3.05) is 13.1 Å². The van der Waals surface area contributed by atoms with Crippen molar-refractivity contribution in [3.05, 3.63) is 17.5 Å². The molecule has 1 fully saturated rings. The molecule has 4 heteroatoms. The molecule has 4 nitrogen and oxygen atoms in total. The van der Waals surface area contributed by atoms with Crippen LogP contribution in [0.2, 0.25) is 0 Å². The fraction of sp³-hybridized carbons (Fsp3) is 0.824. The lowest BCUT2D eigenvalue weighted by molar-refractivity contribution is 0.0873. The van der Waals surface area contributed by atoms with E-state index in [1.807, 2.05) is 0 Å². The SMILES string of the molecule is CCc1cc(CN2CC(CC)NCC2C(C)C)n(CC)n1. The third-order valence-corrected chi connectivity index (χ3v) is 4.74. The van der Waals surface area contributed by atoms with Gasteiger partial charge in [-0.05, 0) is 31.7 Å². The van der Waals surface area contributed by atoms with E-state index in [1.54, 1.807) is 0 Å². The molecule has 0 amide bonds. The lowest BCUT2D eigenvalue weighted by Gasteiger charge is -2.42. The van der Waals surface area contributed by atoms with Gasteiger partial charge in [-0.25, -0.2) is 0 Å². The topological polar surface area (TPSA) is 33.1 Å². The van der Waals surface area contributed by atoms with Crippen LogP contribution in [0.4, 0.5) is 0 Å². The van der Waals surface area contributed by atoms with Crippen molar-refractivity contribution in [1.82, 2.24) is 20.0 Å². The molecule has 1 aromatic heterocycles. The maximum atomic E-state index is 4.70. The summed E-state index contributed by atoms with van der Waals surface area (Å²) in [5.41, 5.74) is 2.59. The molecular formula is C17H32N4. The van der Waals surface area contributed by atoms with Gasteiger partial charge in [0.15, 0.2) is 0 Å². The molecule has 2 rings (SSSR count). The van der Waals surface area contributed by atoms with Crippen molar-refractivity contribution in [2.45, 2.75) is 72.6 Å². The molecule has 0 saturated carbocycles. The third-order valence-electron chi connectivity index (χ3n) is 4.74. The number of hydrogen-bond acceptors (Lipinski definition) is 3. The van der Waals surface area contributed by atoms with Crippen molar-refractivity contribution >= 4 is 0 Å². The van der Waals surface area contributed by atoms with E-state index >= 15 is 0 Å². The van der Waals surface area contributed by atoms with Crippen LogP contribution >= 0.6 is 0 Å². The summed E-state index contributed by atoms with van der Waals surface area (Å²) in [4.78, 5) is 2.66. The van der Waals surface area contributed by atoms with Gasteiger partial charge >= 0.3 is 0 Å². The summed E-state index contributed by atoms with van der Waals surface area (Å²) in [6.07, 6.45) is 2.22. The number of aryl methyl sites for hydroxylation is 2. The Morgan fingerprint density at radius 2 is 2.10 bits per heavy atom. The average Bonchev–Trinajstić information content (AvgIpc) is 2.89. The van der Waals surface area contributed by atoms with Crippen LogP contribution in [0.15, 0.2) is 6.07 Å². The lowest BCUT2D eigenvalue weighted by Crippen LogP contribution is -2.57. The Hall–Kier alpha value is -0.870. The first-order valence-corrected chi connectivity index (χ1v) is 8.61. The molecule has 0 aromatic carbocycles. The molecule has 1 aromatic rings. The minimum atomic E-state index is 0.623. The smallest absolute Gasteiger partial charge is 0.0625 e. The maximum Gasteiger partial charge on any atom is 0.0625 e. The minimum Gasteiger partial charge on any atom is -0.311 e. The van der Waals surface area contributed by atoms with E-state index in [1.165, 1.54) is 17.8 Å². The normalized spacial score (nSPS) is 23.9. The zero-order chi connectivity index (χ0) is 15.4. The first kappa shape index (κ1) is 16.5. The highest BCUT2D eigenvalue weighted by atomic mass is 15.3. The summed E-state index contributed by atoms with van der Waals surface area (Å²) in [5.74, 6) is 0.680. The standard InChI is InChI=1S/C17H32N4/c1-6-14-9-16(21(8-3)19-14)12-20-11-15(7-2)18-10-17(20)13(4)5/h9,13,15,17-18H,6-8,10-12H2,1-5H3. The molecule has 0 spiro atoms. The molecule has 2 unspecified atom stereocenters. The summed E-state index contributed by atoms with van der Waals surface area (Å²) in [6, 6.07) is 3.55. The van der Waals surface area contributed by atoms with Crippen molar-refractivity contribution < 1.29 is 0 Å². The van der Waals surface area contributed by atoms with Gasteiger partial charge in [0.25, 0.3) is 0 Å². The zero-order valence-electron chi connectivity index (χ0n) is 14.4. The number of piperazine rings is 1. The fourth-order valence-electron chi connectivity index (χ4n) is 3.31. The molecule has 0 bridgehead atoms. The van der Waals surface area contributed by atoms with E-state index in [-0.39, 0.29) is 0 Å². The minimum absolute atomic E-state index is 0.623. The molecular weight excluding hydrogens is 260 g/mol. The Bertz CT molecular complexity index is 438. The van der Waals surface area contributed by atoms with Gasteiger partial charge in [-0.15, -0.1) is 0 Å². The van der Waals surface area contributed by atoms with Crippen molar-refractivity contribution in [2.24, 2.45) is 5.92 Å². The summed E-state index contributed by atoms with van der Waals surface area (Å²) < 4.78 is 2.18. The quantitative estimate of drug-likeness (QED) is 0.875. The Morgan fingerprint density at radius 1 is 1.33 bits per heavy atom. The molecule has 21 heavy (non-hydrogen) atoms. The predicted octanol–water partition coefficient (Wildman–Crippen LogP) is 2.67. The average molecular weight is 292 g/mol. The maximum absolute atomic E-state index is 4.70. The molecule has 1 saturated heterocycles. The number of nitrogens with one attached hydrogen (secondary N) is 1. The van der Waals surface area contributed by atoms with Gasteiger partial charge < -0.3 is 5.32 Å². The lowest BCUT2D eigenvalue weighted by atomic mass is 9.97. The highest BCUT2D eigenvalue weighted by Gasteiger charge is 2.29. The first-order valence-electron chi connectivity index (χ1n) is 8.61. The Kier molecular flexibility index (Phi) is 5.82. The molecule has 1 aliphatic rings. The summed E-state index contributed by atoms with van der Waals surface area (Å²) in [6.45, 7) is 15.6. The van der Waals surface area contributed by atoms with Crippen LogP contribution in [0.3, 0.4) is 0 Å². The number of rotatable bonds is 6. The van der Waals surface area contributed by atoms with Gasteiger partial charge in [-0.3, -0.25) is 9.58 Å². The van der Waals surface area contributed by atoms with Crippen LogP contribution in [0.5, 0.6) is 0 Å². The van der Waals surface area contributed by atoms with Crippen LogP contribution in [0, 0.1) is 5.92 Å². The highest BCUT2D eigenvalue weighted by Crippen LogP contribution is 2.20. The molecule has 120 valence electrons. The van der Waals surface area contributed by atoms with E-state index in [2.05, 4.69) is 55.6 Å². The Labute approximate surface area is 129 Å². The van der Waals surface area contributed by atoms with Crippen LogP contribution in [0.1, 0.15) is 52.4 Å². The van der Waals surface area contributed by atoms with Crippen LogP contribution < -0.4 is 5.32 Å². The van der Waals surface area contributed by atoms with Crippen LogP contribution in [0.25, 0.3) is 0 Å². The van der Waals surface area contributed by atoms with E-state index < -0.39 is 0 Å². The van der Waals surface area contributed by atoms with Crippen molar-refractivity contribution in [3.8, 4) is 0 Å². The van der Waals surface area contributed by atoms with Gasteiger partial charge in [-0.2, -0.15) is 5.10 Å². The molecule has 2 atom stereocenters. The van der Waals surface area contributed by atoms with Gasteiger partial charge in [-0.1, -0.05) is 27.7 Å². The second-order valence-electron chi connectivity index (χ2n) is 6.55. The number of aromatic nitrogens is 2. The highest BCUT2D eigenvalue weighted by molar-refractivity contribution is 5.11. The van der Waals surface area contributed by atoms with E-state index in [9.17, 15) is 0 Å². The molecule has 0 radical (unpaired) electrons. The number of nitrogens with zero attached hydrogens (tertiary/aromatic N) is 3. The largest absolute Gasteiger partial charge is 0.311 e. The monoisotopic (exact) mass is 292 g/mol. The second kappa shape index (κ2) is 7.41. The first-order chi connectivity index (χ1) is 10.1. The summed E-state index contributed by atoms with van der Waals surface area (Å²) in [5, 5.41) is 8.39. The fourth-order valence-corrected chi connectivity index (χ4v) is 3.31. The summed E-state index contributed by atoms with van der Waals surface area (Å²) >= 11 is 0. The van der Waals surface area contributed by atoms with E-state index in [4.69, 9.17) is 5.10 Å². The molecule has 1 N–H and O–H groups in total. The van der Waals surface area contributed by atoms with E-state index in [0.29, 0.717) is 18.0 Å². The number of hydrogen-bond donors (Lipinski definition) is 1. The zero-order valence-corrected chi connectivity index (χ0v) is 14.4.